The molecule has 0 unspecified atom stereocenters. The average molecular weight is 459 g/mol. The summed E-state index contributed by atoms with van der Waals surface area (Å²) >= 11 is 3.41. The van der Waals surface area contributed by atoms with Gasteiger partial charge in [0.25, 0.3) is 5.91 Å². The third-order valence-corrected chi connectivity index (χ3v) is 5.43. The summed E-state index contributed by atoms with van der Waals surface area (Å²) < 4.78 is 6.11. The van der Waals surface area contributed by atoms with Crippen molar-refractivity contribution in [2.45, 2.75) is 26.7 Å². The molecule has 3 rings (SSSR count). The summed E-state index contributed by atoms with van der Waals surface area (Å²) in [5.74, 6) is -1.63. The van der Waals surface area contributed by atoms with Gasteiger partial charge in [-0.2, -0.15) is 0 Å². The van der Waals surface area contributed by atoms with Gasteiger partial charge in [0.2, 0.25) is 5.91 Å². The predicted octanol–water partition coefficient (Wildman–Crippen LogP) is 3.85. The van der Waals surface area contributed by atoms with Gasteiger partial charge in [0.05, 0.1) is 5.92 Å². The second-order valence-electron chi connectivity index (χ2n) is 7.00. The van der Waals surface area contributed by atoms with E-state index in [1.54, 1.807) is 11.0 Å². The number of carbonyl (C=O) groups excluding carboxylic acids is 3. The van der Waals surface area contributed by atoms with Crippen LogP contribution in [0.1, 0.15) is 24.5 Å². The van der Waals surface area contributed by atoms with Crippen LogP contribution in [0, 0.1) is 12.8 Å². The molecule has 2 amide bonds. The second kappa shape index (κ2) is 9.22. The zero-order valence-corrected chi connectivity index (χ0v) is 18.0. The van der Waals surface area contributed by atoms with E-state index in [0.29, 0.717) is 5.69 Å². The predicted molar refractivity (Wildman–Crippen MR) is 115 cm³/mol. The van der Waals surface area contributed by atoms with Crippen molar-refractivity contribution < 1.29 is 19.1 Å². The topological polar surface area (TPSA) is 75.7 Å². The van der Waals surface area contributed by atoms with E-state index < -0.39 is 17.8 Å². The lowest BCUT2D eigenvalue weighted by molar-refractivity contribution is -0.151. The Kier molecular flexibility index (Phi) is 6.69. The number of hydrogen-bond acceptors (Lipinski definition) is 4. The number of halogens is 1. The zero-order valence-electron chi connectivity index (χ0n) is 16.4. The molecule has 1 fully saturated rings. The molecular weight excluding hydrogens is 436 g/mol. The molecule has 6 nitrogen and oxygen atoms in total. The summed E-state index contributed by atoms with van der Waals surface area (Å²) in [6.45, 7) is 3.80. The Morgan fingerprint density at radius 2 is 2.00 bits per heavy atom. The van der Waals surface area contributed by atoms with Gasteiger partial charge in [-0.05, 0) is 48.7 Å². The normalized spacial score (nSPS) is 16.0. The third-order valence-electron chi connectivity index (χ3n) is 4.93. The van der Waals surface area contributed by atoms with Crippen LogP contribution in [0.2, 0.25) is 0 Å². The van der Waals surface area contributed by atoms with Crippen LogP contribution in [0.15, 0.2) is 46.9 Å². The molecule has 1 aliphatic rings. The Hall–Kier alpha value is -2.67. The number of carbonyl (C=O) groups is 3. The monoisotopic (exact) mass is 458 g/mol. The summed E-state index contributed by atoms with van der Waals surface area (Å²) in [6, 6.07) is 13.1. The van der Waals surface area contributed by atoms with E-state index >= 15 is 0 Å². The number of anilines is 2. The summed E-state index contributed by atoms with van der Waals surface area (Å²) in [4.78, 5) is 38.6. The molecule has 0 saturated carbocycles. The zero-order chi connectivity index (χ0) is 21.0. The lowest BCUT2D eigenvalue weighted by atomic mass is 10.1. The van der Waals surface area contributed by atoms with Gasteiger partial charge in [0, 0.05) is 28.8 Å². The first kappa shape index (κ1) is 21.0. The molecule has 0 radical (unpaired) electrons. The number of esters is 1. The summed E-state index contributed by atoms with van der Waals surface area (Å²) in [5, 5.41) is 2.77. The Morgan fingerprint density at radius 1 is 1.24 bits per heavy atom. The van der Waals surface area contributed by atoms with Gasteiger partial charge in [-0.3, -0.25) is 14.4 Å². The van der Waals surface area contributed by atoms with Gasteiger partial charge in [-0.25, -0.2) is 0 Å². The van der Waals surface area contributed by atoms with Gasteiger partial charge in [-0.1, -0.05) is 41.1 Å². The van der Waals surface area contributed by atoms with Crippen molar-refractivity contribution in [2.24, 2.45) is 5.92 Å². The maximum absolute atomic E-state index is 12.4. The minimum absolute atomic E-state index is 0.0848. The highest BCUT2D eigenvalue weighted by atomic mass is 79.9. The number of amides is 2. The van der Waals surface area contributed by atoms with Crippen LogP contribution >= 0.6 is 15.9 Å². The lowest BCUT2D eigenvalue weighted by Crippen LogP contribution is -2.28. The molecule has 1 N–H and O–H groups in total. The number of aryl methyl sites for hydroxylation is 2. The number of hydrogen-bond donors (Lipinski definition) is 1. The van der Waals surface area contributed by atoms with Gasteiger partial charge in [0.15, 0.2) is 6.61 Å². The van der Waals surface area contributed by atoms with Crippen molar-refractivity contribution in [1.82, 2.24) is 0 Å². The van der Waals surface area contributed by atoms with Crippen molar-refractivity contribution in [3.63, 3.8) is 0 Å². The largest absolute Gasteiger partial charge is 0.455 e. The molecule has 2 aromatic carbocycles. The standard InChI is InChI=1S/C22H23BrN2O4/c1-3-15-10-17(23)8-9-18(15)24-20(26)13-29-22(28)16-11-21(27)25(12-16)19-7-5-4-6-14(19)2/h4-10,16H,3,11-13H2,1-2H3,(H,24,26)/t16-/m1/s1. The fourth-order valence-electron chi connectivity index (χ4n) is 3.38. The van der Waals surface area contributed by atoms with Crippen molar-refractivity contribution in [1.29, 1.82) is 0 Å². The number of nitrogens with zero attached hydrogens (tertiary/aromatic N) is 1. The Balaban J connectivity index is 1.55. The van der Waals surface area contributed by atoms with Crippen molar-refractivity contribution in [3.05, 3.63) is 58.1 Å². The Morgan fingerprint density at radius 3 is 2.72 bits per heavy atom. The fourth-order valence-corrected chi connectivity index (χ4v) is 3.79. The van der Waals surface area contributed by atoms with Crippen LogP contribution in [-0.4, -0.2) is 30.9 Å². The van der Waals surface area contributed by atoms with Crippen molar-refractivity contribution in [3.8, 4) is 0 Å². The Labute approximate surface area is 178 Å². The first-order valence-electron chi connectivity index (χ1n) is 9.50. The van der Waals surface area contributed by atoms with Crippen LogP contribution < -0.4 is 10.2 Å². The third kappa shape index (κ3) is 5.03. The van der Waals surface area contributed by atoms with Gasteiger partial charge in [0.1, 0.15) is 0 Å². The molecule has 0 aromatic heterocycles. The smallest absolute Gasteiger partial charge is 0.311 e. The van der Waals surface area contributed by atoms with E-state index in [-0.39, 0.29) is 25.5 Å². The highest BCUT2D eigenvalue weighted by Crippen LogP contribution is 2.28. The maximum Gasteiger partial charge on any atom is 0.311 e. The second-order valence-corrected chi connectivity index (χ2v) is 7.92. The van der Waals surface area contributed by atoms with Gasteiger partial charge >= 0.3 is 5.97 Å². The number of para-hydroxylation sites is 1. The molecule has 1 saturated heterocycles. The number of benzene rings is 2. The number of nitrogens with one attached hydrogen (secondary N) is 1. The minimum atomic E-state index is -0.575. The molecule has 152 valence electrons. The van der Waals surface area contributed by atoms with Crippen LogP contribution in [0.5, 0.6) is 0 Å². The average Bonchev–Trinajstić information content (AvgIpc) is 3.09. The highest BCUT2D eigenvalue weighted by molar-refractivity contribution is 9.10. The van der Waals surface area contributed by atoms with E-state index in [2.05, 4.69) is 21.2 Å². The molecule has 1 atom stereocenters. The summed E-state index contributed by atoms with van der Waals surface area (Å²) in [5.41, 5.74) is 3.44. The molecular formula is C22H23BrN2O4. The molecule has 1 aliphatic heterocycles. The van der Waals surface area contributed by atoms with Crippen LogP contribution in [0.4, 0.5) is 11.4 Å². The quantitative estimate of drug-likeness (QED) is 0.666. The fraction of sp³-hybridized carbons (Fsp3) is 0.318. The van der Waals surface area contributed by atoms with Gasteiger partial charge < -0.3 is 15.0 Å². The van der Waals surface area contributed by atoms with Crippen molar-refractivity contribution in [2.75, 3.05) is 23.4 Å². The number of ether oxygens (including phenoxy) is 1. The summed E-state index contributed by atoms with van der Waals surface area (Å²) in [6.07, 6.45) is 0.843. The molecule has 0 bridgehead atoms. The van der Waals surface area contributed by atoms with Gasteiger partial charge in [-0.15, -0.1) is 0 Å². The summed E-state index contributed by atoms with van der Waals surface area (Å²) in [7, 11) is 0. The van der Waals surface area contributed by atoms with E-state index in [1.165, 1.54) is 0 Å². The Bertz CT molecular complexity index is 944. The molecule has 0 aliphatic carbocycles. The SMILES string of the molecule is CCc1cc(Br)ccc1NC(=O)COC(=O)[C@@H]1CC(=O)N(c2ccccc2C)C1. The molecule has 0 spiro atoms. The van der Waals surface area contributed by atoms with Crippen LogP contribution in [0.3, 0.4) is 0 Å². The first-order valence-corrected chi connectivity index (χ1v) is 10.3. The van der Waals surface area contributed by atoms with Crippen LogP contribution in [-0.2, 0) is 25.5 Å². The lowest BCUT2D eigenvalue weighted by Gasteiger charge is -2.18. The highest BCUT2D eigenvalue weighted by Gasteiger charge is 2.36. The molecule has 1 heterocycles. The number of rotatable bonds is 6. The minimum Gasteiger partial charge on any atom is -0.455 e. The molecule has 2 aromatic rings. The molecule has 7 heteroatoms. The van der Waals surface area contributed by atoms with Crippen molar-refractivity contribution >= 4 is 45.1 Å². The first-order chi connectivity index (χ1) is 13.9. The van der Waals surface area contributed by atoms with Crippen LogP contribution in [0.25, 0.3) is 0 Å². The van der Waals surface area contributed by atoms with E-state index in [1.807, 2.05) is 50.2 Å². The van der Waals surface area contributed by atoms with E-state index in [0.717, 1.165) is 27.7 Å². The van der Waals surface area contributed by atoms with E-state index in [4.69, 9.17) is 4.74 Å². The molecule has 29 heavy (non-hydrogen) atoms. The maximum atomic E-state index is 12.4. The van der Waals surface area contributed by atoms with E-state index in [9.17, 15) is 14.4 Å².